The van der Waals surface area contributed by atoms with Crippen molar-refractivity contribution in [1.82, 2.24) is 9.80 Å². The molecule has 24 heavy (non-hydrogen) atoms. The molecule has 2 heterocycles. The highest BCUT2D eigenvalue weighted by Crippen LogP contribution is 2.31. The summed E-state index contributed by atoms with van der Waals surface area (Å²) in [7, 11) is 0. The maximum absolute atomic E-state index is 13.0. The second-order valence-corrected chi connectivity index (χ2v) is 8.00. The molecule has 4 rings (SSSR count). The van der Waals surface area contributed by atoms with Gasteiger partial charge >= 0.3 is 0 Å². The summed E-state index contributed by atoms with van der Waals surface area (Å²) in [4.78, 5) is 17.5. The molecule has 0 atom stereocenters. The molecule has 5 heteroatoms. The molecule has 0 bridgehead atoms. The van der Waals surface area contributed by atoms with Crippen molar-refractivity contribution < 1.29 is 9.21 Å². The van der Waals surface area contributed by atoms with Gasteiger partial charge in [0.1, 0.15) is 5.58 Å². The summed E-state index contributed by atoms with van der Waals surface area (Å²) in [6, 6.07) is 5.93. The SMILES string of the molecule is Cc1c(C(=O)N2CCCN(CC3CC3)CC2)oc2cc(Br)ccc12. The Balaban J connectivity index is 1.51. The third-order valence-corrected chi connectivity index (χ3v) is 5.68. The molecule has 1 amide bonds. The average molecular weight is 391 g/mol. The molecule has 0 unspecified atom stereocenters. The molecule has 1 saturated carbocycles. The number of furan rings is 1. The lowest BCUT2D eigenvalue weighted by atomic mass is 10.1. The summed E-state index contributed by atoms with van der Waals surface area (Å²) < 4.78 is 6.87. The normalized spacial score (nSPS) is 19.7. The van der Waals surface area contributed by atoms with Gasteiger partial charge in [0.25, 0.3) is 5.91 Å². The number of amides is 1. The van der Waals surface area contributed by atoms with Crippen LogP contribution in [0.3, 0.4) is 0 Å². The van der Waals surface area contributed by atoms with Crippen LogP contribution in [0.5, 0.6) is 0 Å². The van der Waals surface area contributed by atoms with Gasteiger partial charge in [0.2, 0.25) is 0 Å². The van der Waals surface area contributed by atoms with Crippen LogP contribution < -0.4 is 0 Å². The van der Waals surface area contributed by atoms with Crippen molar-refractivity contribution in [3.63, 3.8) is 0 Å². The number of hydrogen-bond donors (Lipinski definition) is 0. The lowest BCUT2D eigenvalue weighted by Gasteiger charge is -2.21. The zero-order valence-electron chi connectivity index (χ0n) is 14.1. The molecular formula is C19H23BrN2O2. The van der Waals surface area contributed by atoms with Crippen LogP contribution in [-0.4, -0.2) is 48.4 Å². The van der Waals surface area contributed by atoms with Gasteiger partial charge in [-0.15, -0.1) is 0 Å². The number of benzene rings is 1. The lowest BCUT2D eigenvalue weighted by Crippen LogP contribution is -2.35. The Morgan fingerprint density at radius 3 is 2.88 bits per heavy atom. The van der Waals surface area contributed by atoms with E-state index in [1.54, 1.807) is 0 Å². The van der Waals surface area contributed by atoms with E-state index in [0.29, 0.717) is 5.76 Å². The Kier molecular flexibility index (Phi) is 4.39. The summed E-state index contributed by atoms with van der Waals surface area (Å²) in [5, 5.41) is 1.02. The lowest BCUT2D eigenvalue weighted by molar-refractivity contribution is 0.0730. The van der Waals surface area contributed by atoms with Crippen molar-refractivity contribution in [3.05, 3.63) is 34.0 Å². The number of fused-ring (bicyclic) bond motifs is 1. The first-order chi connectivity index (χ1) is 11.6. The predicted molar refractivity (Wildman–Crippen MR) is 98.3 cm³/mol. The van der Waals surface area contributed by atoms with Gasteiger partial charge in [-0.3, -0.25) is 4.79 Å². The van der Waals surface area contributed by atoms with Crippen LogP contribution in [0.4, 0.5) is 0 Å². The van der Waals surface area contributed by atoms with Gasteiger partial charge in [0.15, 0.2) is 5.76 Å². The Morgan fingerprint density at radius 1 is 1.25 bits per heavy atom. The van der Waals surface area contributed by atoms with Crippen molar-refractivity contribution in [2.75, 3.05) is 32.7 Å². The molecule has 2 aliphatic rings. The van der Waals surface area contributed by atoms with Gasteiger partial charge in [-0.1, -0.05) is 15.9 Å². The summed E-state index contributed by atoms with van der Waals surface area (Å²) in [6.07, 6.45) is 3.81. The average Bonchev–Trinajstić information content (AvgIpc) is 3.35. The van der Waals surface area contributed by atoms with Crippen molar-refractivity contribution in [2.24, 2.45) is 5.92 Å². The number of nitrogens with zero attached hydrogens (tertiary/aromatic N) is 2. The van der Waals surface area contributed by atoms with Crippen LogP contribution in [0.2, 0.25) is 0 Å². The van der Waals surface area contributed by atoms with Crippen molar-refractivity contribution in [1.29, 1.82) is 0 Å². The highest BCUT2D eigenvalue weighted by molar-refractivity contribution is 9.10. The van der Waals surface area contributed by atoms with Crippen LogP contribution >= 0.6 is 15.9 Å². The number of aryl methyl sites for hydroxylation is 1. The summed E-state index contributed by atoms with van der Waals surface area (Å²) in [5.74, 6) is 1.44. The molecule has 1 aliphatic carbocycles. The van der Waals surface area contributed by atoms with E-state index in [2.05, 4.69) is 20.8 Å². The van der Waals surface area contributed by atoms with Crippen molar-refractivity contribution >= 4 is 32.8 Å². The molecule has 1 saturated heterocycles. The summed E-state index contributed by atoms with van der Waals surface area (Å²) in [6.45, 7) is 6.88. The standard InChI is InChI=1S/C19H23BrN2O2/c1-13-16-6-5-15(20)11-17(16)24-18(13)19(23)22-8-2-7-21(9-10-22)12-14-3-4-14/h5-6,11,14H,2-4,7-10,12H2,1H3. The molecule has 4 nitrogen and oxygen atoms in total. The predicted octanol–water partition coefficient (Wildman–Crippen LogP) is 4.06. The van der Waals surface area contributed by atoms with Crippen molar-refractivity contribution in [2.45, 2.75) is 26.2 Å². The first kappa shape index (κ1) is 16.2. The van der Waals surface area contributed by atoms with E-state index < -0.39 is 0 Å². The Morgan fingerprint density at radius 2 is 2.08 bits per heavy atom. The summed E-state index contributed by atoms with van der Waals surface area (Å²) >= 11 is 3.46. The molecule has 0 radical (unpaired) electrons. The maximum Gasteiger partial charge on any atom is 0.289 e. The van der Waals surface area contributed by atoms with Gasteiger partial charge in [-0.05, 0) is 56.8 Å². The zero-order chi connectivity index (χ0) is 16.7. The van der Waals surface area contributed by atoms with Crippen LogP contribution in [-0.2, 0) is 0 Å². The number of hydrogen-bond acceptors (Lipinski definition) is 3. The molecule has 0 spiro atoms. The fourth-order valence-corrected chi connectivity index (χ4v) is 3.91. The van der Waals surface area contributed by atoms with E-state index in [4.69, 9.17) is 4.42 Å². The molecular weight excluding hydrogens is 368 g/mol. The topological polar surface area (TPSA) is 36.7 Å². The number of rotatable bonds is 3. The second kappa shape index (κ2) is 6.52. The van der Waals surface area contributed by atoms with Crippen molar-refractivity contribution in [3.8, 4) is 0 Å². The van der Waals surface area contributed by atoms with E-state index in [0.717, 1.165) is 59.5 Å². The first-order valence-electron chi connectivity index (χ1n) is 8.82. The summed E-state index contributed by atoms with van der Waals surface area (Å²) in [5.41, 5.74) is 1.72. The molecule has 1 aromatic carbocycles. The monoisotopic (exact) mass is 390 g/mol. The molecule has 128 valence electrons. The van der Waals surface area contributed by atoms with Gasteiger partial charge in [0, 0.05) is 41.6 Å². The second-order valence-electron chi connectivity index (χ2n) is 7.09. The molecule has 2 aromatic rings. The molecule has 1 aromatic heterocycles. The van der Waals surface area contributed by atoms with Crippen LogP contribution in [0, 0.1) is 12.8 Å². The van der Waals surface area contributed by atoms with Crippen LogP contribution in [0.25, 0.3) is 11.0 Å². The largest absolute Gasteiger partial charge is 0.451 e. The third kappa shape index (κ3) is 3.24. The van der Waals surface area contributed by atoms with Gasteiger partial charge in [0.05, 0.1) is 0 Å². The smallest absolute Gasteiger partial charge is 0.289 e. The Hall–Kier alpha value is -1.33. The minimum atomic E-state index is 0.0353. The third-order valence-electron chi connectivity index (χ3n) is 5.18. The minimum Gasteiger partial charge on any atom is -0.451 e. The number of halogens is 1. The Labute approximate surface area is 150 Å². The van der Waals surface area contributed by atoms with E-state index >= 15 is 0 Å². The van der Waals surface area contributed by atoms with Gasteiger partial charge < -0.3 is 14.2 Å². The highest BCUT2D eigenvalue weighted by Gasteiger charge is 2.28. The molecule has 2 fully saturated rings. The number of carbonyl (C=O) groups is 1. The fraction of sp³-hybridized carbons (Fsp3) is 0.526. The number of carbonyl (C=O) groups excluding carboxylic acids is 1. The van der Waals surface area contributed by atoms with E-state index in [9.17, 15) is 4.79 Å². The fourth-order valence-electron chi connectivity index (χ4n) is 3.57. The van der Waals surface area contributed by atoms with Gasteiger partial charge in [-0.25, -0.2) is 0 Å². The van der Waals surface area contributed by atoms with Crippen LogP contribution in [0.1, 0.15) is 35.4 Å². The van der Waals surface area contributed by atoms with Gasteiger partial charge in [-0.2, -0.15) is 0 Å². The Bertz CT molecular complexity index is 766. The quantitative estimate of drug-likeness (QED) is 0.792. The molecule has 1 aliphatic heterocycles. The first-order valence-corrected chi connectivity index (χ1v) is 9.61. The van der Waals surface area contributed by atoms with E-state index in [1.807, 2.05) is 30.0 Å². The molecule has 0 N–H and O–H groups in total. The van der Waals surface area contributed by atoms with E-state index in [-0.39, 0.29) is 5.91 Å². The van der Waals surface area contributed by atoms with Crippen LogP contribution in [0.15, 0.2) is 27.1 Å². The maximum atomic E-state index is 13.0. The minimum absolute atomic E-state index is 0.0353. The highest BCUT2D eigenvalue weighted by atomic mass is 79.9. The zero-order valence-corrected chi connectivity index (χ0v) is 15.6. The van der Waals surface area contributed by atoms with E-state index in [1.165, 1.54) is 19.4 Å².